The number of aliphatic hydroxyl groups is 1. The van der Waals surface area contributed by atoms with Crippen molar-refractivity contribution in [2.24, 2.45) is 5.73 Å². The zero-order valence-electron chi connectivity index (χ0n) is 11.1. The predicted octanol–water partition coefficient (Wildman–Crippen LogP) is 1.27. The van der Waals surface area contributed by atoms with Gasteiger partial charge in [-0.1, -0.05) is 26.7 Å². The summed E-state index contributed by atoms with van der Waals surface area (Å²) >= 11 is 0. The molecule has 0 aromatic heterocycles. The van der Waals surface area contributed by atoms with Crippen molar-refractivity contribution in [2.45, 2.75) is 64.0 Å². The molecule has 17 heavy (non-hydrogen) atoms. The minimum atomic E-state index is -0.752. The standard InChI is InChI=1S/C13H26N2O2/c1-3-13(14,4-2)12(17)15-9-7-5-6-8-11(15)10-16/h11,16H,3-10,14H2,1-2H3. The van der Waals surface area contributed by atoms with Crippen LogP contribution in [0.15, 0.2) is 0 Å². The first kappa shape index (κ1) is 14.5. The number of amides is 1. The Balaban J connectivity index is 2.83. The lowest BCUT2D eigenvalue weighted by molar-refractivity contribution is -0.140. The second-order valence-corrected chi connectivity index (χ2v) is 5.05. The molecular weight excluding hydrogens is 216 g/mol. The van der Waals surface area contributed by atoms with E-state index >= 15 is 0 Å². The van der Waals surface area contributed by atoms with E-state index in [9.17, 15) is 9.90 Å². The minimum absolute atomic E-state index is 0.0171. The van der Waals surface area contributed by atoms with Crippen LogP contribution in [0.3, 0.4) is 0 Å². The fourth-order valence-corrected chi connectivity index (χ4v) is 2.47. The maximum atomic E-state index is 12.5. The van der Waals surface area contributed by atoms with Crippen molar-refractivity contribution in [2.75, 3.05) is 13.2 Å². The molecule has 3 N–H and O–H groups in total. The van der Waals surface area contributed by atoms with Crippen LogP contribution >= 0.6 is 0 Å². The van der Waals surface area contributed by atoms with Crippen LogP contribution in [0.1, 0.15) is 52.4 Å². The van der Waals surface area contributed by atoms with Crippen LogP contribution in [0.5, 0.6) is 0 Å². The van der Waals surface area contributed by atoms with Crippen molar-refractivity contribution in [1.82, 2.24) is 4.90 Å². The number of aliphatic hydroxyl groups excluding tert-OH is 1. The molecule has 1 saturated heterocycles. The Morgan fingerprint density at radius 2 is 2.00 bits per heavy atom. The van der Waals surface area contributed by atoms with E-state index in [0.717, 1.165) is 32.2 Å². The third kappa shape index (κ3) is 3.19. The molecule has 1 aliphatic rings. The van der Waals surface area contributed by atoms with Crippen molar-refractivity contribution in [1.29, 1.82) is 0 Å². The molecule has 0 spiro atoms. The van der Waals surface area contributed by atoms with Gasteiger partial charge in [-0.15, -0.1) is 0 Å². The number of hydrogen-bond donors (Lipinski definition) is 2. The molecule has 0 bridgehead atoms. The van der Waals surface area contributed by atoms with Gasteiger partial charge in [0.1, 0.15) is 0 Å². The van der Waals surface area contributed by atoms with E-state index < -0.39 is 5.54 Å². The third-order valence-electron chi connectivity index (χ3n) is 4.04. The van der Waals surface area contributed by atoms with Crippen LogP contribution in [0.2, 0.25) is 0 Å². The van der Waals surface area contributed by atoms with Gasteiger partial charge in [-0.25, -0.2) is 0 Å². The molecule has 0 saturated carbocycles. The number of likely N-dealkylation sites (tertiary alicyclic amines) is 1. The Morgan fingerprint density at radius 3 is 2.53 bits per heavy atom. The molecule has 4 heteroatoms. The Labute approximate surface area is 104 Å². The summed E-state index contributed by atoms with van der Waals surface area (Å²) in [6.45, 7) is 4.69. The lowest BCUT2D eigenvalue weighted by atomic mass is 9.91. The molecule has 1 rings (SSSR count). The normalized spacial score (nSPS) is 22.4. The summed E-state index contributed by atoms with van der Waals surface area (Å²) in [6.07, 6.45) is 5.44. The molecule has 0 aromatic carbocycles. The van der Waals surface area contributed by atoms with Crippen LogP contribution in [0.4, 0.5) is 0 Å². The van der Waals surface area contributed by atoms with E-state index in [1.165, 1.54) is 0 Å². The van der Waals surface area contributed by atoms with Crippen molar-refractivity contribution >= 4 is 5.91 Å². The average molecular weight is 242 g/mol. The molecule has 1 atom stereocenters. The maximum absolute atomic E-state index is 12.5. The van der Waals surface area contributed by atoms with Crippen LogP contribution in [-0.4, -0.2) is 40.6 Å². The Hall–Kier alpha value is -0.610. The fourth-order valence-electron chi connectivity index (χ4n) is 2.47. The van der Waals surface area contributed by atoms with Crippen LogP contribution in [0.25, 0.3) is 0 Å². The largest absolute Gasteiger partial charge is 0.394 e. The number of hydrogen-bond acceptors (Lipinski definition) is 3. The molecule has 4 nitrogen and oxygen atoms in total. The Kier molecular flexibility index (Phi) is 5.40. The Morgan fingerprint density at radius 1 is 1.35 bits per heavy atom. The van der Waals surface area contributed by atoms with Gasteiger partial charge in [-0.2, -0.15) is 0 Å². The van der Waals surface area contributed by atoms with E-state index in [2.05, 4.69) is 0 Å². The minimum Gasteiger partial charge on any atom is -0.394 e. The van der Waals surface area contributed by atoms with E-state index in [-0.39, 0.29) is 18.6 Å². The second-order valence-electron chi connectivity index (χ2n) is 5.05. The lowest BCUT2D eigenvalue weighted by Crippen LogP contribution is -2.57. The van der Waals surface area contributed by atoms with Gasteiger partial charge in [0, 0.05) is 6.54 Å². The van der Waals surface area contributed by atoms with Crippen molar-refractivity contribution < 1.29 is 9.90 Å². The van der Waals surface area contributed by atoms with Gasteiger partial charge >= 0.3 is 0 Å². The molecule has 1 unspecified atom stereocenters. The first-order valence-corrected chi connectivity index (χ1v) is 6.79. The van der Waals surface area contributed by atoms with Crippen LogP contribution in [-0.2, 0) is 4.79 Å². The van der Waals surface area contributed by atoms with Crippen molar-refractivity contribution in [3.8, 4) is 0 Å². The summed E-state index contributed by atoms with van der Waals surface area (Å²) in [5, 5.41) is 9.41. The SMILES string of the molecule is CCC(N)(CC)C(=O)N1CCCCCC1CO. The van der Waals surface area contributed by atoms with E-state index in [0.29, 0.717) is 12.8 Å². The summed E-state index contributed by atoms with van der Waals surface area (Å²) in [7, 11) is 0. The van der Waals surface area contributed by atoms with Crippen molar-refractivity contribution in [3.05, 3.63) is 0 Å². The van der Waals surface area contributed by atoms with E-state index in [1.807, 2.05) is 18.7 Å². The van der Waals surface area contributed by atoms with Crippen LogP contribution in [0, 0.1) is 0 Å². The van der Waals surface area contributed by atoms with Crippen molar-refractivity contribution in [3.63, 3.8) is 0 Å². The Bertz CT molecular complexity index is 252. The number of rotatable bonds is 4. The van der Waals surface area contributed by atoms with Gasteiger partial charge in [0.05, 0.1) is 18.2 Å². The zero-order valence-corrected chi connectivity index (χ0v) is 11.1. The average Bonchev–Trinajstić information content (AvgIpc) is 2.61. The van der Waals surface area contributed by atoms with Gasteiger partial charge in [0.2, 0.25) is 5.91 Å². The van der Waals surface area contributed by atoms with E-state index in [4.69, 9.17) is 5.73 Å². The zero-order chi connectivity index (χ0) is 12.9. The molecule has 1 fully saturated rings. The maximum Gasteiger partial charge on any atom is 0.242 e. The highest BCUT2D eigenvalue weighted by atomic mass is 16.3. The fraction of sp³-hybridized carbons (Fsp3) is 0.923. The molecule has 1 amide bonds. The van der Waals surface area contributed by atoms with Gasteiger partial charge in [0.25, 0.3) is 0 Å². The second kappa shape index (κ2) is 6.36. The first-order chi connectivity index (χ1) is 8.09. The van der Waals surface area contributed by atoms with Gasteiger partial charge in [-0.3, -0.25) is 4.79 Å². The topological polar surface area (TPSA) is 66.6 Å². The molecule has 0 aromatic rings. The molecule has 0 radical (unpaired) electrons. The summed E-state index contributed by atoms with van der Waals surface area (Å²) in [4.78, 5) is 14.3. The molecule has 1 heterocycles. The molecule has 1 aliphatic heterocycles. The van der Waals surface area contributed by atoms with Crippen LogP contribution < -0.4 is 5.73 Å². The van der Waals surface area contributed by atoms with Gasteiger partial charge in [0.15, 0.2) is 0 Å². The quantitative estimate of drug-likeness (QED) is 0.780. The molecule has 0 aliphatic carbocycles. The summed E-state index contributed by atoms with van der Waals surface area (Å²) in [6, 6.07) is -0.0361. The number of nitrogens with two attached hydrogens (primary N) is 1. The number of nitrogens with zero attached hydrogens (tertiary/aromatic N) is 1. The molecule has 100 valence electrons. The predicted molar refractivity (Wildman–Crippen MR) is 68.6 cm³/mol. The highest BCUT2D eigenvalue weighted by Gasteiger charge is 2.37. The van der Waals surface area contributed by atoms with Gasteiger partial charge < -0.3 is 15.7 Å². The summed E-state index contributed by atoms with van der Waals surface area (Å²) in [5.74, 6) is 0.0171. The smallest absolute Gasteiger partial charge is 0.242 e. The summed E-state index contributed by atoms with van der Waals surface area (Å²) < 4.78 is 0. The highest BCUT2D eigenvalue weighted by Crippen LogP contribution is 2.22. The third-order valence-corrected chi connectivity index (χ3v) is 4.04. The first-order valence-electron chi connectivity index (χ1n) is 6.79. The number of carbonyl (C=O) groups is 1. The van der Waals surface area contributed by atoms with Gasteiger partial charge in [-0.05, 0) is 25.7 Å². The summed E-state index contributed by atoms with van der Waals surface area (Å²) in [5.41, 5.74) is 5.41. The monoisotopic (exact) mass is 242 g/mol. The lowest BCUT2D eigenvalue weighted by Gasteiger charge is -2.36. The van der Waals surface area contributed by atoms with E-state index in [1.54, 1.807) is 0 Å². The number of carbonyl (C=O) groups excluding carboxylic acids is 1. The highest BCUT2D eigenvalue weighted by molar-refractivity contribution is 5.86. The molecular formula is C13H26N2O2.